The molecule has 1 aromatic heterocycles. The van der Waals surface area contributed by atoms with E-state index in [0.29, 0.717) is 18.4 Å². The summed E-state index contributed by atoms with van der Waals surface area (Å²) in [6.07, 6.45) is 6.30. The number of pyridine rings is 1. The molecule has 142 valence electrons. The van der Waals surface area contributed by atoms with Gasteiger partial charge in [-0.25, -0.2) is 9.37 Å². The van der Waals surface area contributed by atoms with E-state index in [1.165, 1.54) is 31.4 Å². The second-order valence-electron chi connectivity index (χ2n) is 8.74. The summed E-state index contributed by atoms with van der Waals surface area (Å²) in [5.41, 5.74) is 2.04. The van der Waals surface area contributed by atoms with Crippen LogP contribution >= 0.6 is 0 Å². The Balaban J connectivity index is 1.44. The number of anilines is 1. The Morgan fingerprint density at radius 1 is 1.19 bits per heavy atom. The normalized spacial score (nSPS) is 26.2. The fourth-order valence-corrected chi connectivity index (χ4v) is 5.02. The summed E-state index contributed by atoms with van der Waals surface area (Å²) in [7, 11) is 0. The van der Waals surface area contributed by atoms with Crippen LogP contribution in [-0.2, 0) is 4.79 Å². The SMILES string of the molecule is Cc1cc(N2CCC[C@]3(CCC(=O)N(C4CC4)C3)C2)nc2cc(F)ccc12. The minimum absolute atomic E-state index is 0.182. The number of likely N-dealkylation sites (tertiary alicyclic amines) is 1. The van der Waals surface area contributed by atoms with E-state index in [0.717, 1.165) is 54.8 Å². The van der Waals surface area contributed by atoms with Crippen molar-refractivity contribution in [1.82, 2.24) is 9.88 Å². The highest BCUT2D eigenvalue weighted by Gasteiger charge is 2.45. The molecular weight excluding hydrogens is 341 g/mol. The molecule has 27 heavy (non-hydrogen) atoms. The van der Waals surface area contributed by atoms with Crippen molar-refractivity contribution in [3.63, 3.8) is 0 Å². The number of nitrogens with zero attached hydrogens (tertiary/aromatic N) is 3. The molecule has 3 aliphatic rings. The van der Waals surface area contributed by atoms with Gasteiger partial charge < -0.3 is 9.80 Å². The van der Waals surface area contributed by atoms with E-state index in [4.69, 9.17) is 4.98 Å². The Bertz CT molecular complexity index is 910. The minimum Gasteiger partial charge on any atom is -0.356 e. The number of carbonyl (C=O) groups excluding carboxylic acids is 1. The van der Waals surface area contributed by atoms with Gasteiger partial charge in [-0.05, 0) is 62.8 Å². The largest absolute Gasteiger partial charge is 0.356 e. The van der Waals surface area contributed by atoms with Crippen LogP contribution in [0.2, 0.25) is 0 Å². The summed E-state index contributed by atoms with van der Waals surface area (Å²) in [6, 6.07) is 7.47. The van der Waals surface area contributed by atoms with Gasteiger partial charge in [-0.3, -0.25) is 4.79 Å². The predicted octanol–water partition coefficient (Wildman–Crippen LogP) is 4.05. The molecule has 1 saturated carbocycles. The quantitative estimate of drug-likeness (QED) is 0.803. The van der Waals surface area contributed by atoms with Crippen molar-refractivity contribution in [2.45, 2.75) is 51.5 Å². The molecule has 3 fully saturated rings. The smallest absolute Gasteiger partial charge is 0.222 e. The number of piperidine rings is 2. The van der Waals surface area contributed by atoms with E-state index in [1.54, 1.807) is 0 Å². The first-order valence-corrected chi connectivity index (χ1v) is 10.1. The summed E-state index contributed by atoms with van der Waals surface area (Å²) in [5, 5.41) is 1.01. The fourth-order valence-electron chi connectivity index (χ4n) is 5.02. The first-order valence-electron chi connectivity index (χ1n) is 10.1. The molecule has 0 N–H and O–H groups in total. The Hall–Kier alpha value is -2.17. The number of halogens is 1. The van der Waals surface area contributed by atoms with Gasteiger partial charge in [0.25, 0.3) is 0 Å². The standard InChI is InChI=1S/C22H26FN3O/c1-15-11-20(24-19-12-16(23)3-6-18(15)19)25-10-2-8-22(13-25)9-7-21(27)26(14-22)17-4-5-17/h3,6,11-12,17H,2,4-5,7-10,13-14H2,1H3/t22-/m0/s1. The van der Waals surface area contributed by atoms with Gasteiger partial charge in [-0.1, -0.05) is 0 Å². The molecule has 5 rings (SSSR count). The lowest BCUT2D eigenvalue weighted by molar-refractivity contribution is -0.138. The Morgan fingerprint density at radius 2 is 2.04 bits per heavy atom. The van der Waals surface area contributed by atoms with Crippen LogP contribution in [-0.4, -0.2) is 41.5 Å². The zero-order valence-corrected chi connectivity index (χ0v) is 15.9. The Morgan fingerprint density at radius 3 is 2.85 bits per heavy atom. The third-order valence-electron chi connectivity index (χ3n) is 6.63. The third kappa shape index (κ3) is 3.07. The number of amides is 1. The van der Waals surface area contributed by atoms with Gasteiger partial charge in [0.1, 0.15) is 11.6 Å². The van der Waals surface area contributed by atoms with Crippen LogP contribution in [0.15, 0.2) is 24.3 Å². The molecule has 1 atom stereocenters. The van der Waals surface area contributed by atoms with Crippen LogP contribution in [0.25, 0.3) is 10.9 Å². The molecule has 0 bridgehead atoms. The zero-order chi connectivity index (χ0) is 18.6. The molecule has 2 saturated heterocycles. The molecular formula is C22H26FN3O. The molecule has 4 nitrogen and oxygen atoms in total. The highest BCUT2D eigenvalue weighted by molar-refractivity contribution is 5.84. The summed E-state index contributed by atoms with van der Waals surface area (Å²) in [6.45, 7) is 4.89. The molecule has 5 heteroatoms. The average Bonchev–Trinajstić information content (AvgIpc) is 3.49. The van der Waals surface area contributed by atoms with Crippen LogP contribution < -0.4 is 4.90 Å². The second kappa shape index (κ2) is 6.18. The van der Waals surface area contributed by atoms with E-state index in [2.05, 4.69) is 22.8 Å². The van der Waals surface area contributed by atoms with Crippen molar-refractivity contribution in [2.24, 2.45) is 5.41 Å². The number of carbonyl (C=O) groups is 1. The second-order valence-corrected chi connectivity index (χ2v) is 8.74. The first-order chi connectivity index (χ1) is 13.0. The first kappa shape index (κ1) is 17.0. The monoisotopic (exact) mass is 367 g/mol. The lowest BCUT2D eigenvalue weighted by Crippen LogP contribution is -2.54. The van der Waals surface area contributed by atoms with Crippen LogP contribution in [0.1, 0.15) is 44.1 Å². The van der Waals surface area contributed by atoms with E-state index in [1.807, 2.05) is 6.07 Å². The molecule has 1 amide bonds. The summed E-state index contributed by atoms with van der Waals surface area (Å²) in [5.74, 6) is 1.04. The van der Waals surface area contributed by atoms with Crippen molar-refractivity contribution in [2.75, 3.05) is 24.5 Å². The van der Waals surface area contributed by atoms with Crippen LogP contribution in [0.4, 0.5) is 10.2 Å². The molecule has 0 unspecified atom stereocenters. The fraction of sp³-hybridized carbons (Fsp3) is 0.545. The van der Waals surface area contributed by atoms with Crippen LogP contribution in [0.5, 0.6) is 0 Å². The molecule has 1 spiro atoms. The molecule has 1 aromatic carbocycles. The Kier molecular flexibility index (Phi) is 3.88. The molecule has 1 aliphatic carbocycles. The number of aryl methyl sites for hydroxylation is 1. The lowest BCUT2D eigenvalue weighted by Gasteiger charge is -2.48. The molecule has 0 radical (unpaired) electrons. The molecule has 2 aromatic rings. The van der Waals surface area contributed by atoms with Crippen molar-refractivity contribution >= 4 is 22.6 Å². The highest BCUT2D eigenvalue weighted by atomic mass is 19.1. The van der Waals surface area contributed by atoms with E-state index >= 15 is 0 Å². The van der Waals surface area contributed by atoms with Gasteiger partial charge in [0.05, 0.1) is 5.52 Å². The number of benzene rings is 1. The Labute approximate surface area is 159 Å². The van der Waals surface area contributed by atoms with Crippen LogP contribution in [0.3, 0.4) is 0 Å². The number of aromatic nitrogens is 1. The van der Waals surface area contributed by atoms with Crippen molar-refractivity contribution in [1.29, 1.82) is 0 Å². The van der Waals surface area contributed by atoms with Gasteiger partial charge in [0.2, 0.25) is 5.91 Å². The number of rotatable bonds is 2. The van der Waals surface area contributed by atoms with Gasteiger partial charge in [-0.2, -0.15) is 0 Å². The van der Waals surface area contributed by atoms with E-state index < -0.39 is 0 Å². The highest BCUT2D eigenvalue weighted by Crippen LogP contribution is 2.43. The van der Waals surface area contributed by atoms with Gasteiger partial charge in [0.15, 0.2) is 0 Å². The third-order valence-corrected chi connectivity index (χ3v) is 6.63. The molecule has 2 aliphatic heterocycles. The minimum atomic E-state index is -0.243. The van der Waals surface area contributed by atoms with Crippen molar-refractivity contribution in [3.05, 3.63) is 35.6 Å². The average molecular weight is 367 g/mol. The number of fused-ring (bicyclic) bond motifs is 1. The summed E-state index contributed by atoms with van der Waals surface area (Å²) >= 11 is 0. The lowest BCUT2D eigenvalue weighted by atomic mass is 9.73. The zero-order valence-electron chi connectivity index (χ0n) is 15.9. The predicted molar refractivity (Wildman–Crippen MR) is 104 cm³/mol. The molecule has 3 heterocycles. The van der Waals surface area contributed by atoms with Gasteiger partial charge >= 0.3 is 0 Å². The maximum absolute atomic E-state index is 13.7. The summed E-state index contributed by atoms with van der Waals surface area (Å²) in [4.78, 5) is 21.6. The van der Waals surface area contributed by atoms with Gasteiger partial charge in [-0.15, -0.1) is 0 Å². The topological polar surface area (TPSA) is 36.4 Å². The van der Waals surface area contributed by atoms with Crippen molar-refractivity contribution < 1.29 is 9.18 Å². The van der Waals surface area contributed by atoms with Crippen LogP contribution in [0, 0.1) is 18.2 Å². The maximum Gasteiger partial charge on any atom is 0.222 e. The van der Waals surface area contributed by atoms with E-state index in [-0.39, 0.29) is 11.2 Å². The summed E-state index contributed by atoms with van der Waals surface area (Å²) < 4.78 is 13.7. The number of hydrogen-bond acceptors (Lipinski definition) is 3. The maximum atomic E-state index is 13.7. The number of hydrogen-bond donors (Lipinski definition) is 0. The van der Waals surface area contributed by atoms with E-state index in [9.17, 15) is 9.18 Å². The van der Waals surface area contributed by atoms with Gasteiger partial charge in [0, 0.05) is 49.0 Å². The van der Waals surface area contributed by atoms with Crippen molar-refractivity contribution in [3.8, 4) is 0 Å².